The summed E-state index contributed by atoms with van der Waals surface area (Å²) in [6, 6.07) is 7.36. The lowest BCUT2D eigenvalue weighted by atomic mass is 10.3. The number of carbonyl (C=O) groups is 2. The summed E-state index contributed by atoms with van der Waals surface area (Å²) in [6.07, 6.45) is 2.53. The molecule has 2 rings (SSSR count). The first-order valence-electron chi connectivity index (χ1n) is 5.09. The standard InChI is InChI=1S/C12H10BrNO3/c13-9-1-3-10(4-2-9)17-8-7-14-11(15)5-6-12(14)16/h1-6H,7-8H2. The molecule has 0 N–H and O–H groups in total. The van der Waals surface area contributed by atoms with E-state index < -0.39 is 0 Å². The molecule has 0 radical (unpaired) electrons. The van der Waals surface area contributed by atoms with Crippen LogP contribution in [-0.4, -0.2) is 29.9 Å². The van der Waals surface area contributed by atoms with Crippen LogP contribution < -0.4 is 4.74 Å². The van der Waals surface area contributed by atoms with Gasteiger partial charge in [0.1, 0.15) is 12.4 Å². The van der Waals surface area contributed by atoms with E-state index in [1.165, 1.54) is 12.2 Å². The fourth-order valence-electron chi connectivity index (χ4n) is 1.44. The number of hydrogen-bond donors (Lipinski definition) is 0. The van der Waals surface area contributed by atoms with Crippen molar-refractivity contribution in [2.45, 2.75) is 0 Å². The van der Waals surface area contributed by atoms with Crippen LogP contribution in [0.3, 0.4) is 0 Å². The zero-order valence-electron chi connectivity index (χ0n) is 8.93. The summed E-state index contributed by atoms with van der Waals surface area (Å²) in [5.41, 5.74) is 0. The molecule has 4 nitrogen and oxygen atoms in total. The molecule has 0 aromatic heterocycles. The van der Waals surface area contributed by atoms with Crippen molar-refractivity contribution in [3.63, 3.8) is 0 Å². The summed E-state index contributed by atoms with van der Waals surface area (Å²) in [6.45, 7) is 0.557. The Balaban J connectivity index is 1.82. The highest BCUT2D eigenvalue weighted by Crippen LogP contribution is 2.16. The van der Waals surface area contributed by atoms with Crippen molar-refractivity contribution in [1.29, 1.82) is 0 Å². The summed E-state index contributed by atoms with van der Waals surface area (Å²) >= 11 is 3.32. The van der Waals surface area contributed by atoms with Crippen molar-refractivity contribution in [2.75, 3.05) is 13.2 Å². The highest BCUT2D eigenvalue weighted by molar-refractivity contribution is 9.10. The Labute approximate surface area is 107 Å². The van der Waals surface area contributed by atoms with Gasteiger partial charge in [-0.05, 0) is 24.3 Å². The lowest BCUT2D eigenvalue weighted by Gasteiger charge is -2.14. The van der Waals surface area contributed by atoms with Crippen LogP contribution in [0.5, 0.6) is 5.75 Å². The Morgan fingerprint density at radius 1 is 1.06 bits per heavy atom. The topological polar surface area (TPSA) is 46.6 Å². The average Bonchev–Trinajstić information content (AvgIpc) is 2.63. The summed E-state index contributed by atoms with van der Waals surface area (Å²) in [7, 11) is 0. The number of ether oxygens (including phenoxy) is 1. The third-order valence-corrected chi connectivity index (χ3v) is 2.83. The second-order valence-electron chi connectivity index (χ2n) is 3.46. The maximum Gasteiger partial charge on any atom is 0.253 e. The Bertz CT molecular complexity index is 449. The van der Waals surface area contributed by atoms with Gasteiger partial charge in [-0.1, -0.05) is 15.9 Å². The SMILES string of the molecule is O=C1C=CC(=O)N1CCOc1ccc(Br)cc1. The molecule has 0 unspecified atom stereocenters. The minimum Gasteiger partial charge on any atom is -0.492 e. The van der Waals surface area contributed by atoms with Gasteiger partial charge >= 0.3 is 0 Å². The molecule has 0 aliphatic carbocycles. The van der Waals surface area contributed by atoms with E-state index in [4.69, 9.17) is 4.74 Å². The largest absolute Gasteiger partial charge is 0.492 e. The van der Waals surface area contributed by atoms with Crippen molar-refractivity contribution < 1.29 is 14.3 Å². The van der Waals surface area contributed by atoms with Crippen LogP contribution in [-0.2, 0) is 9.59 Å². The fraction of sp³-hybridized carbons (Fsp3) is 0.167. The maximum absolute atomic E-state index is 11.2. The smallest absolute Gasteiger partial charge is 0.253 e. The highest BCUT2D eigenvalue weighted by Gasteiger charge is 2.22. The minimum absolute atomic E-state index is 0.265. The van der Waals surface area contributed by atoms with Crippen molar-refractivity contribution in [3.8, 4) is 5.75 Å². The first-order chi connectivity index (χ1) is 8.16. The predicted molar refractivity (Wildman–Crippen MR) is 65.5 cm³/mol. The third kappa shape index (κ3) is 2.94. The van der Waals surface area contributed by atoms with E-state index in [-0.39, 0.29) is 18.4 Å². The summed E-state index contributed by atoms with van der Waals surface area (Å²) in [5, 5.41) is 0. The number of benzene rings is 1. The molecule has 0 bridgehead atoms. The third-order valence-electron chi connectivity index (χ3n) is 2.30. The van der Waals surface area contributed by atoms with E-state index in [1.807, 2.05) is 24.3 Å². The van der Waals surface area contributed by atoms with Gasteiger partial charge in [0, 0.05) is 16.6 Å². The van der Waals surface area contributed by atoms with Gasteiger partial charge in [-0.3, -0.25) is 14.5 Å². The van der Waals surface area contributed by atoms with Gasteiger partial charge in [0.05, 0.1) is 6.54 Å². The van der Waals surface area contributed by atoms with Crippen molar-refractivity contribution >= 4 is 27.7 Å². The number of carbonyl (C=O) groups excluding carboxylic acids is 2. The van der Waals surface area contributed by atoms with Crippen molar-refractivity contribution in [3.05, 3.63) is 40.9 Å². The fourth-order valence-corrected chi connectivity index (χ4v) is 1.70. The molecule has 2 amide bonds. The average molecular weight is 296 g/mol. The molecule has 1 aliphatic rings. The maximum atomic E-state index is 11.2. The molecule has 0 atom stereocenters. The van der Waals surface area contributed by atoms with E-state index in [9.17, 15) is 9.59 Å². The van der Waals surface area contributed by atoms with Crippen molar-refractivity contribution in [2.24, 2.45) is 0 Å². The molecule has 1 aromatic carbocycles. The Morgan fingerprint density at radius 2 is 1.65 bits per heavy atom. The lowest BCUT2D eigenvalue weighted by molar-refractivity contribution is -0.137. The molecule has 88 valence electrons. The zero-order chi connectivity index (χ0) is 12.3. The molecule has 0 spiro atoms. The Kier molecular flexibility index (Phi) is 3.58. The molecule has 17 heavy (non-hydrogen) atoms. The molecule has 1 heterocycles. The number of amides is 2. The van der Waals surface area contributed by atoms with E-state index in [0.717, 1.165) is 9.37 Å². The number of rotatable bonds is 4. The monoisotopic (exact) mass is 295 g/mol. The first-order valence-corrected chi connectivity index (χ1v) is 5.88. The van der Waals surface area contributed by atoms with Crippen LogP contribution in [0.25, 0.3) is 0 Å². The normalized spacial score (nSPS) is 14.5. The van der Waals surface area contributed by atoms with Crippen LogP contribution in [0.15, 0.2) is 40.9 Å². The Hall–Kier alpha value is -1.62. The second kappa shape index (κ2) is 5.14. The van der Waals surface area contributed by atoms with Gasteiger partial charge in [-0.2, -0.15) is 0 Å². The van der Waals surface area contributed by atoms with Gasteiger partial charge in [0.25, 0.3) is 11.8 Å². The molecule has 1 aliphatic heterocycles. The quantitative estimate of drug-likeness (QED) is 0.795. The van der Waals surface area contributed by atoms with E-state index >= 15 is 0 Å². The van der Waals surface area contributed by atoms with E-state index in [1.54, 1.807) is 0 Å². The highest BCUT2D eigenvalue weighted by atomic mass is 79.9. The number of imide groups is 1. The van der Waals surface area contributed by atoms with Gasteiger partial charge < -0.3 is 4.74 Å². The zero-order valence-corrected chi connectivity index (χ0v) is 10.5. The van der Waals surface area contributed by atoms with Gasteiger partial charge in [0.2, 0.25) is 0 Å². The number of nitrogens with zero attached hydrogens (tertiary/aromatic N) is 1. The molecule has 0 saturated carbocycles. The molecule has 0 fully saturated rings. The minimum atomic E-state index is -0.283. The molecule has 5 heteroatoms. The number of hydrogen-bond acceptors (Lipinski definition) is 3. The van der Waals surface area contributed by atoms with Gasteiger partial charge in [-0.25, -0.2) is 0 Å². The van der Waals surface area contributed by atoms with Crippen LogP contribution >= 0.6 is 15.9 Å². The van der Waals surface area contributed by atoms with Crippen LogP contribution in [0.1, 0.15) is 0 Å². The first kappa shape index (κ1) is 11.9. The second-order valence-corrected chi connectivity index (χ2v) is 4.38. The van der Waals surface area contributed by atoms with Crippen LogP contribution in [0.2, 0.25) is 0 Å². The molecular weight excluding hydrogens is 286 g/mol. The molecule has 1 aromatic rings. The predicted octanol–water partition coefficient (Wildman–Crippen LogP) is 1.75. The van der Waals surface area contributed by atoms with Gasteiger partial charge in [0.15, 0.2) is 0 Å². The molecular formula is C12H10BrNO3. The number of halogens is 1. The molecule has 0 saturated heterocycles. The van der Waals surface area contributed by atoms with Crippen molar-refractivity contribution in [1.82, 2.24) is 4.90 Å². The van der Waals surface area contributed by atoms with Gasteiger partial charge in [-0.15, -0.1) is 0 Å². The van der Waals surface area contributed by atoms with E-state index in [0.29, 0.717) is 12.4 Å². The summed E-state index contributed by atoms with van der Waals surface area (Å²) in [5.74, 6) is 0.143. The van der Waals surface area contributed by atoms with E-state index in [2.05, 4.69) is 15.9 Å². The summed E-state index contributed by atoms with van der Waals surface area (Å²) < 4.78 is 6.40. The lowest BCUT2D eigenvalue weighted by Crippen LogP contribution is -2.33. The Morgan fingerprint density at radius 3 is 2.24 bits per heavy atom. The van der Waals surface area contributed by atoms with Crippen LogP contribution in [0.4, 0.5) is 0 Å². The van der Waals surface area contributed by atoms with Crippen LogP contribution in [0, 0.1) is 0 Å². The summed E-state index contributed by atoms with van der Waals surface area (Å²) in [4.78, 5) is 23.6.